The topological polar surface area (TPSA) is 90.5 Å². The van der Waals surface area contributed by atoms with E-state index in [9.17, 15) is 4.79 Å². The van der Waals surface area contributed by atoms with Gasteiger partial charge in [-0.1, -0.05) is 18.0 Å². The number of pyridine rings is 1. The summed E-state index contributed by atoms with van der Waals surface area (Å²) in [6.07, 6.45) is 5.88. The Hall–Kier alpha value is -3.26. The number of nitrogens with one attached hydrogen (secondary N) is 1. The van der Waals surface area contributed by atoms with Crippen LogP contribution in [0.4, 0.5) is 5.69 Å². The van der Waals surface area contributed by atoms with Gasteiger partial charge in [0.1, 0.15) is 5.82 Å². The molecule has 1 aliphatic heterocycles. The first-order valence-corrected chi connectivity index (χ1v) is 10.7. The molecule has 4 heterocycles. The number of anilines is 1. The van der Waals surface area contributed by atoms with Gasteiger partial charge in [0.15, 0.2) is 11.5 Å². The van der Waals surface area contributed by atoms with Crippen LogP contribution in [-0.4, -0.2) is 35.4 Å². The first-order chi connectivity index (χ1) is 15.0. The molecule has 0 unspecified atom stereocenters. The zero-order valence-electron chi connectivity index (χ0n) is 17.4. The SMILES string of the molecule is Cc1nn(C)c2ncc(C(=O)Nc3ccc(Cl)c(-c4nnc5n4CCCCC5)c3)cc12. The van der Waals surface area contributed by atoms with Crippen LogP contribution < -0.4 is 5.32 Å². The molecule has 3 aromatic heterocycles. The minimum atomic E-state index is -0.244. The van der Waals surface area contributed by atoms with Gasteiger partial charge < -0.3 is 9.88 Å². The molecule has 0 saturated carbocycles. The van der Waals surface area contributed by atoms with Crippen LogP contribution in [0.3, 0.4) is 0 Å². The van der Waals surface area contributed by atoms with E-state index < -0.39 is 0 Å². The van der Waals surface area contributed by atoms with Crippen molar-refractivity contribution in [3.8, 4) is 11.4 Å². The van der Waals surface area contributed by atoms with Crippen LogP contribution in [0.15, 0.2) is 30.5 Å². The molecule has 9 heteroatoms. The van der Waals surface area contributed by atoms with Crippen molar-refractivity contribution < 1.29 is 4.79 Å². The summed E-state index contributed by atoms with van der Waals surface area (Å²) in [5.41, 5.74) is 3.45. The predicted molar refractivity (Wildman–Crippen MR) is 119 cm³/mol. The van der Waals surface area contributed by atoms with Gasteiger partial charge in [-0.2, -0.15) is 5.10 Å². The lowest BCUT2D eigenvalue weighted by molar-refractivity contribution is 0.102. The lowest BCUT2D eigenvalue weighted by atomic mass is 10.1. The quantitative estimate of drug-likeness (QED) is 0.521. The lowest BCUT2D eigenvalue weighted by Crippen LogP contribution is -2.12. The first-order valence-electron chi connectivity index (χ1n) is 10.3. The van der Waals surface area contributed by atoms with Crippen molar-refractivity contribution in [2.24, 2.45) is 7.05 Å². The smallest absolute Gasteiger partial charge is 0.257 e. The highest BCUT2D eigenvalue weighted by atomic mass is 35.5. The molecule has 8 nitrogen and oxygen atoms in total. The molecule has 158 valence electrons. The van der Waals surface area contributed by atoms with Crippen molar-refractivity contribution in [2.75, 3.05) is 5.32 Å². The maximum absolute atomic E-state index is 12.9. The van der Waals surface area contributed by atoms with Crippen LogP contribution in [-0.2, 0) is 20.0 Å². The van der Waals surface area contributed by atoms with E-state index in [0.29, 0.717) is 16.3 Å². The van der Waals surface area contributed by atoms with Gasteiger partial charge in [0.2, 0.25) is 0 Å². The van der Waals surface area contributed by atoms with Crippen molar-refractivity contribution >= 4 is 34.2 Å². The fraction of sp³-hybridized carbons (Fsp3) is 0.318. The zero-order valence-corrected chi connectivity index (χ0v) is 18.1. The maximum atomic E-state index is 12.9. The number of nitrogens with zero attached hydrogens (tertiary/aromatic N) is 6. The number of aryl methyl sites for hydroxylation is 3. The number of benzene rings is 1. The summed E-state index contributed by atoms with van der Waals surface area (Å²) in [4.78, 5) is 17.3. The summed E-state index contributed by atoms with van der Waals surface area (Å²) < 4.78 is 3.85. The van der Waals surface area contributed by atoms with E-state index in [1.54, 1.807) is 23.0 Å². The molecule has 5 rings (SSSR count). The van der Waals surface area contributed by atoms with Crippen molar-refractivity contribution in [2.45, 2.75) is 39.2 Å². The molecule has 1 aromatic carbocycles. The van der Waals surface area contributed by atoms with E-state index >= 15 is 0 Å². The number of rotatable bonds is 3. The Bertz CT molecular complexity index is 1310. The average Bonchev–Trinajstić information content (AvgIpc) is 3.19. The Morgan fingerprint density at radius 2 is 2.03 bits per heavy atom. The molecule has 1 N–H and O–H groups in total. The van der Waals surface area contributed by atoms with Gasteiger partial charge in [-0.25, -0.2) is 4.98 Å². The fourth-order valence-electron chi connectivity index (χ4n) is 4.09. The van der Waals surface area contributed by atoms with E-state index in [4.69, 9.17) is 11.6 Å². The molecule has 1 aliphatic rings. The zero-order chi connectivity index (χ0) is 21.5. The van der Waals surface area contributed by atoms with E-state index in [0.717, 1.165) is 59.7 Å². The summed E-state index contributed by atoms with van der Waals surface area (Å²) in [6.45, 7) is 2.78. The third-order valence-electron chi connectivity index (χ3n) is 5.70. The Morgan fingerprint density at radius 3 is 2.90 bits per heavy atom. The number of carbonyl (C=O) groups is 1. The number of aromatic nitrogens is 6. The lowest BCUT2D eigenvalue weighted by Gasteiger charge is -2.11. The van der Waals surface area contributed by atoms with Gasteiger partial charge in [0.05, 0.1) is 16.3 Å². The number of hydrogen-bond donors (Lipinski definition) is 1. The summed E-state index contributed by atoms with van der Waals surface area (Å²) in [7, 11) is 1.84. The molecule has 0 radical (unpaired) electrons. The first kappa shape index (κ1) is 19.7. The Labute approximate surface area is 184 Å². The monoisotopic (exact) mass is 435 g/mol. The second-order valence-electron chi connectivity index (χ2n) is 7.86. The van der Waals surface area contributed by atoms with Gasteiger partial charge in [-0.15, -0.1) is 10.2 Å². The third kappa shape index (κ3) is 3.57. The van der Waals surface area contributed by atoms with E-state index in [2.05, 4.69) is 30.2 Å². The maximum Gasteiger partial charge on any atom is 0.257 e. The standard InChI is InChI=1S/C22H22ClN7O/c1-13-16-10-14(12-24-20(16)29(2)28-13)22(31)25-15-7-8-18(23)17(11-15)21-27-26-19-6-4-3-5-9-30(19)21/h7-8,10-12H,3-6,9H2,1-2H3,(H,25,31). The van der Waals surface area contributed by atoms with Crippen molar-refractivity contribution in [1.82, 2.24) is 29.5 Å². The molecule has 0 saturated heterocycles. The van der Waals surface area contributed by atoms with Gasteiger partial charge in [-0.05, 0) is 44.0 Å². The molecule has 0 atom stereocenters. The van der Waals surface area contributed by atoms with Gasteiger partial charge >= 0.3 is 0 Å². The second kappa shape index (κ2) is 7.77. The molecule has 0 spiro atoms. The van der Waals surface area contributed by atoms with E-state index in [-0.39, 0.29) is 5.91 Å². The normalized spacial score (nSPS) is 13.8. The molecule has 4 aromatic rings. The highest BCUT2D eigenvalue weighted by Crippen LogP contribution is 2.31. The summed E-state index contributed by atoms with van der Waals surface area (Å²) in [5.74, 6) is 1.49. The summed E-state index contributed by atoms with van der Waals surface area (Å²) >= 11 is 6.50. The minimum absolute atomic E-state index is 0.244. The highest BCUT2D eigenvalue weighted by molar-refractivity contribution is 6.33. The Balaban J connectivity index is 1.45. The summed E-state index contributed by atoms with van der Waals surface area (Å²) in [5, 5.41) is 17.5. The minimum Gasteiger partial charge on any atom is -0.322 e. The van der Waals surface area contributed by atoms with E-state index in [1.165, 1.54) is 6.42 Å². The van der Waals surface area contributed by atoms with Gasteiger partial charge in [0.25, 0.3) is 5.91 Å². The Morgan fingerprint density at radius 1 is 1.16 bits per heavy atom. The van der Waals surface area contributed by atoms with Crippen LogP contribution >= 0.6 is 11.6 Å². The van der Waals surface area contributed by atoms with Crippen LogP contribution in [0.1, 0.15) is 41.1 Å². The van der Waals surface area contributed by atoms with Gasteiger partial charge in [-0.3, -0.25) is 9.48 Å². The van der Waals surface area contributed by atoms with Crippen LogP contribution in [0.5, 0.6) is 0 Å². The van der Waals surface area contributed by atoms with Crippen molar-refractivity contribution in [1.29, 1.82) is 0 Å². The van der Waals surface area contributed by atoms with Crippen LogP contribution in [0, 0.1) is 6.92 Å². The van der Waals surface area contributed by atoms with Crippen LogP contribution in [0.2, 0.25) is 5.02 Å². The number of fused-ring (bicyclic) bond motifs is 2. The van der Waals surface area contributed by atoms with Crippen molar-refractivity contribution in [3.63, 3.8) is 0 Å². The number of hydrogen-bond acceptors (Lipinski definition) is 5. The largest absolute Gasteiger partial charge is 0.322 e. The van der Waals surface area contributed by atoms with E-state index in [1.807, 2.05) is 26.1 Å². The molecule has 0 fully saturated rings. The predicted octanol–water partition coefficient (Wildman–Crippen LogP) is 4.17. The number of amides is 1. The second-order valence-corrected chi connectivity index (χ2v) is 8.26. The number of halogens is 1. The molecular formula is C22H22ClN7O. The van der Waals surface area contributed by atoms with Crippen LogP contribution in [0.25, 0.3) is 22.4 Å². The molecule has 31 heavy (non-hydrogen) atoms. The van der Waals surface area contributed by atoms with Gasteiger partial charge in [0, 0.05) is 42.8 Å². The molecule has 0 aliphatic carbocycles. The molecular weight excluding hydrogens is 414 g/mol. The molecule has 0 bridgehead atoms. The summed E-state index contributed by atoms with van der Waals surface area (Å²) in [6, 6.07) is 7.22. The highest BCUT2D eigenvalue weighted by Gasteiger charge is 2.19. The van der Waals surface area contributed by atoms with Crippen molar-refractivity contribution in [3.05, 3.63) is 52.6 Å². The fourth-order valence-corrected chi connectivity index (χ4v) is 4.30. The Kier molecular flexibility index (Phi) is 4.94. The average molecular weight is 436 g/mol. The molecule has 1 amide bonds. The number of carbonyl (C=O) groups excluding carboxylic acids is 1. The third-order valence-corrected chi connectivity index (χ3v) is 6.03.